The van der Waals surface area contributed by atoms with Crippen molar-refractivity contribution < 1.29 is 9.90 Å². The first-order chi connectivity index (χ1) is 9.04. The van der Waals surface area contributed by atoms with Gasteiger partial charge in [-0.25, -0.2) is 4.98 Å². The molecule has 1 amide bonds. The molecule has 6 nitrogen and oxygen atoms in total. The highest BCUT2D eigenvalue weighted by molar-refractivity contribution is 7.15. The average Bonchev–Trinajstić information content (AvgIpc) is 2.80. The molecule has 2 rings (SSSR count). The van der Waals surface area contributed by atoms with Crippen molar-refractivity contribution in [1.82, 2.24) is 14.7 Å². The second-order valence-corrected chi connectivity index (χ2v) is 5.07. The third-order valence-corrected chi connectivity index (χ3v) is 3.57. The van der Waals surface area contributed by atoms with Crippen LogP contribution in [0.15, 0.2) is 16.4 Å². The largest absolute Gasteiger partial charge is 0.392 e. The number of hydrogen-bond donors (Lipinski definition) is 2. The number of thiazole rings is 1. The molecule has 2 aromatic heterocycles. The Bertz CT molecular complexity index is 660. The summed E-state index contributed by atoms with van der Waals surface area (Å²) in [6.07, 6.45) is 1.32. The van der Waals surface area contributed by atoms with Gasteiger partial charge in [-0.1, -0.05) is 6.92 Å². The van der Waals surface area contributed by atoms with Crippen molar-refractivity contribution in [3.63, 3.8) is 0 Å². The molecule has 102 valence electrons. The van der Waals surface area contributed by atoms with Gasteiger partial charge in [-0.3, -0.25) is 14.0 Å². The minimum Gasteiger partial charge on any atom is -0.392 e. The van der Waals surface area contributed by atoms with Crippen molar-refractivity contribution in [2.24, 2.45) is 0 Å². The van der Waals surface area contributed by atoms with E-state index in [1.54, 1.807) is 6.92 Å². The van der Waals surface area contributed by atoms with Crippen LogP contribution in [0, 0.1) is 0 Å². The first-order valence-corrected chi connectivity index (χ1v) is 6.87. The quantitative estimate of drug-likeness (QED) is 0.851. The van der Waals surface area contributed by atoms with Crippen LogP contribution in [-0.2, 0) is 6.42 Å². The molecular formula is C12H15N3O3S. The van der Waals surface area contributed by atoms with Crippen LogP contribution < -0.4 is 10.9 Å². The molecule has 0 aliphatic rings. The number of hydrogen-bond acceptors (Lipinski definition) is 5. The summed E-state index contributed by atoms with van der Waals surface area (Å²) in [6, 6.07) is 0. The van der Waals surface area contributed by atoms with E-state index >= 15 is 0 Å². The summed E-state index contributed by atoms with van der Waals surface area (Å²) in [5.41, 5.74) is 0.458. The van der Waals surface area contributed by atoms with Crippen LogP contribution in [0.2, 0.25) is 0 Å². The van der Waals surface area contributed by atoms with Gasteiger partial charge in [0.1, 0.15) is 5.56 Å². The average molecular weight is 281 g/mol. The van der Waals surface area contributed by atoms with Crippen LogP contribution in [0.5, 0.6) is 0 Å². The minimum atomic E-state index is -0.657. The van der Waals surface area contributed by atoms with Gasteiger partial charge in [0.2, 0.25) is 0 Å². The Morgan fingerprint density at radius 2 is 2.37 bits per heavy atom. The fourth-order valence-corrected chi connectivity index (χ4v) is 2.62. The molecule has 0 aromatic carbocycles. The standard InChI is InChI=1S/C12H15N3O3S/c1-3-8-6-19-12-14-5-9(11(18)15(8)12)10(17)13-4-7(2)16/h5-7,16H,3-4H2,1-2H3,(H,13,17). The molecule has 0 spiro atoms. The normalized spacial score (nSPS) is 12.6. The molecule has 1 unspecified atom stereocenters. The molecule has 0 saturated heterocycles. The third-order valence-electron chi connectivity index (χ3n) is 2.68. The first-order valence-electron chi connectivity index (χ1n) is 5.99. The lowest BCUT2D eigenvalue weighted by Crippen LogP contribution is -2.35. The van der Waals surface area contributed by atoms with Gasteiger partial charge in [0, 0.05) is 23.8 Å². The van der Waals surface area contributed by atoms with Crippen molar-refractivity contribution in [1.29, 1.82) is 0 Å². The van der Waals surface area contributed by atoms with Crippen molar-refractivity contribution in [3.8, 4) is 0 Å². The number of aromatic nitrogens is 2. The maximum Gasteiger partial charge on any atom is 0.271 e. The summed E-state index contributed by atoms with van der Waals surface area (Å²) in [5.74, 6) is -0.513. The Balaban J connectivity index is 2.42. The SMILES string of the molecule is CCc1csc2ncc(C(=O)NCC(C)O)c(=O)n12. The number of amides is 1. The maximum absolute atomic E-state index is 12.3. The predicted octanol–water partition coefficient (Wildman–Crippen LogP) is 0.429. The monoisotopic (exact) mass is 281 g/mol. The van der Waals surface area contributed by atoms with Gasteiger partial charge in [0.05, 0.1) is 6.10 Å². The zero-order chi connectivity index (χ0) is 14.0. The topological polar surface area (TPSA) is 83.7 Å². The molecule has 0 radical (unpaired) electrons. The van der Waals surface area contributed by atoms with Crippen LogP contribution in [-0.4, -0.2) is 33.0 Å². The van der Waals surface area contributed by atoms with Gasteiger partial charge in [-0.15, -0.1) is 11.3 Å². The van der Waals surface area contributed by atoms with Gasteiger partial charge in [0.15, 0.2) is 4.96 Å². The van der Waals surface area contributed by atoms with E-state index in [1.165, 1.54) is 21.9 Å². The van der Waals surface area contributed by atoms with Gasteiger partial charge in [0.25, 0.3) is 11.5 Å². The molecule has 0 fully saturated rings. The molecule has 0 saturated carbocycles. The summed E-state index contributed by atoms with van der Waals surface area (Å²) < 4.78 is 1.46. The van der Waals surface area contributed by atoms with Crippen molar-refractivity contribution in [2.75, 3.05) is 6.54 Å². The number of aliphatic hydroxyl groups excluding tert-OH is 1. The minimum absolute atomic E-state index is 0.00810. The first kappa shape index (κ1) is 13.7. The molecule has 0 aliphatic heterocycles. The highest BCUT2D eigenvalue weighted by atomic mass is 32.1. The van der Waals surface area contributed by atoms with E-state index in [0.717, 1.165) is 5.69 Å². The van der Waals surface area contributed by atoms with E-state index in [1.807, 2.05) is 12.3 Å². The molecule has 7 heteroatoms. The summed E-state index contributed by atoms with van der Waals surface area (Å²) in [5, 5.41) is 13.5. The molecule has 19 heavy (non-hydrogen) atoms. The van der Waals surface area contributed by atoms with Crippen molar-refractivity contribution in [3.05, 3.63) is 33.2 Å². The Hall–Kier alpha value is -1.73. The molecular weight excluding hydrogens is 266 g/mol. The van der Waals surface area contributed by atoms with Gasteiger partial charge >= 0.3 is 0 Å². The molecule has 0 bridgehead atoms. The number of carbonyl (C=O) groups excluding carboxylic acids is 1. The molecule has 2 heterocycles. The molecule has 2 N–H and O–H groups in total. The maximum atomic E-state index is 12.3. The van der Waals surface area contributed by atoms with Crippen LogP contribution >= 0.6 is 11.3 Å². The molecule has 1 atom stereocenters. The molecule has 2 aromatic rings. The summed E-state index contributed by atoms with van der Waals surface area (Å²) >= 11 is 1.37. The lowest BCUT2D eigenvalue weighted by molar-refractivity contribution is 0.0922. The van der Waals surface area contributed by atoms with Crippen molar-refractivity contribution in [2.45, 2.75) is 26.4 Å². The Morgan fingerprint density at radius 3 is 3.00 bits per heavy atom. The zero-order valence-corrected chi connectivity index (χ0v) is 11.5. The predicted molar refractivity (Wildman–Crippen MR) is 72.7 cm³/mol. The fourth-order valence-electron chi connectivity index (χ4n) is 1.68. The lowest BCUT2D eigenvalue weighted by atomic mass is 10.3. The second kappa shape index (κ2) is 5.50. The van der Waals surface area contributed by atoms with E-state index < -0.39 is 12.0 Å². The van der Waals surface area contributed by atoms with E-state index in [4.69, 9.17) is 5.11 Å². The van der Waals surface area contributed by atoms with Gasteiger partial charge in [-0.05, 0) is 13.3 Å². The van der Waals surface area contributed by atoms with Crippen LogP contribution in [0.3, 0.4) is 0 Å². The summed E-state index contributed by atoms with van der Waals surface area (Å²) in [7, 11) is 0. The number of nitrogens with zero attached hydrogens (tertiary/aromatic N) is 2. The van der Waals surface area contributed by atoms with Crippen LogP contribution in [0.4, 0.5) is 0 Å². The number of nitrogens with one attached hydrogen (secondary N) is 1. The van der Waals surface area contributed by atoms with Gasteiger partial charge < -0.3 is 10.4 Å². The van der Waals surface area contributed by atoms with Crippen LogP contribution in [0.25, 0.3) is 4.96 Å². The van der Waals surface area contributed by atoms with Gasteiger partial charge in [-0.2, -0.15) is 0 Å². The lowest BCUT2D eigenvalue weighted by Gasteiger charge is -2.07. The van der Waals surface area contributed by atoms with E-state index in [0.29, 0.717) is 11.4 Å². The number of aryl methyl sites for hydroxylation is 1. The number of carbonyl (C=O) groups is 1. The Kier molecular flexibility index (Phi) is 3.96. The number of fused-ring (bicyclic) bond motifs is 1. The smallest absolute Gasteiger partial charge is 0.271 e. The Morgan fingerprint density at radius 1 is 1.63 bits per heavy atom. The number of aliphatic hydroxyl groups is 1. The summed E-state index contributed by atoms with van der Waals surface area (Å²) in [6.45, 7) is 3.60. The third kappa shape index (κ3) is 2.66. The summed E-state index contributed by atoms with van der Waals surface area (Å²) in [4.78, 5) is 28.8. The highest BCUT2D eigenvalue weighted by Gasteiger charge is 2.15. The van der Waals surface area contributed by atoms with Crippen molar-refractivity contribution >= 4 is 22.2 Å². The van der Waals surface area contributed by atoms with E-state index in [2.05, 4.69) is 10.3 Å². The second-order valence-electron chi connectivity index (χ2n) is 4.23. The van der Waals surface area contributed by atoms with Crippen LogP contribution in [0.1, 0.15) is 29.9 Å². The van der Waals surface area contributed by atoms with E-state index in [9.17, 15) is 9.59 Å². The zero-order valence-electron chi connectivity index (χ0n) is 10.7. The molecule has 0 aliphatic carbocycles. The highest BCUT2D eigenvalue weighted by Crippen LogP contribution is 2.12. The Labute approximate surface area is 113 Å². The fraction of sp³-hybridized carbons (Fsp3) is 0.417. The number of rotatable bonds is 4. The van der Waals surface area contributed by atoms with E-state index in [-0.39, 0.29) is 17.7 Å².